The molecule has 1 aromatic heterocycles. The number of carbonyl (C=O) groups excluding carboxylic acids is 4. The van der Waals surface area contributed by atoms with Crippen LogP contribution in [0.25, 0.3) is 10.9 Å². The molecule has 2 aromatic rings. The Morgan fingerprint density at radius 1 is 0.970 bits per heavy atom. The average molecular weight is 462 g/mol. The number of methoxy groups -OCH3 is 1. The van der Waals surface area contributed by atoms with Gasteiger partial charge in [0, 0.05) is 12.0 Å². The first-order chi connectivity index (χ1) is 15.7. The van der Waals surface area contributed by atoms with Gasteiger partial charge in [0.25, 0.3) is 5.69 Å². The van der Waals surface area contributed by atoms with Crippen LogP contribution in [0.4, 0.5) is 5.69 Å². The molecule has 1 aromatic carbocycles. The zero-order chi connectivity index (χ0) is 24.7. The molecule has 0 N–H and O–H groups in total. The molecule has 176 valence electrons. The fraction of sp³-hybridized carbons (Fsp3) is 0.381. The summed E-state index contributed by atoms with van der Waals surface area (Å²) in [5, 5.41) is 11.7. The van der Waals surface area contributed by atoms with Gasteiger partial charge in [0.15, 0.2) is 0 Å². The smallest absolute Gasteiger partial charge is 0.374 e. The molecule has 0 saturated heterocycles. The van der Waals surface area contributed by atoms with Crippen molar-refractivity contribution < 1.29 is 43.0 Å². The van der Waals surface area contributed by atoms with E-state index < -0.39 is 40.7 Å². The van der Waals surface area contributed by atoms with E-state index in [0.29, 0.717) is 0 Å². The average Bonchev–Trinajstić information content (AvgIpc) is 2.77. The Balaban J connectivity index is 2.91. The van der Waals surface area contributed by atoms with Crippen LogP contribution in [-0.4, -0.2) is 60.5 Å². The molecule has 1 heterocycles. The molecule has 0 spiro atoms. The zero-order valence-electron chi connectivity index (χ0n) is 18.5. The molecule has 2 rings (SSSR count). The fourth-order valence-corrected chi connectivity index (χ4v) is 3.05. The van der Waals surface area contributed by atoms with Crippen molar-refractivity contribution in [2.75, 3.05) is 26.9 Å². The standard InChI is InChI=1S/C21H22N2O10/c1-5-31-19(25)12-10-13(20(26)32-6-2)22-17-15(30-4)9-11(18(16(12)17)23(28)29)8-14(24)21(27)33-7-3/h9-10H,5-8H2,1-4H3. The minimum atomic E-state index is -1.16. The Morgan fingerprint density at radius 2 is 1.58 bits per heavy atom. The maximum atomic E-state index is 12.7. The number of ether oxygens (including phenoxy) is 4. The monoisotopic (exact) mass is 462 g/mol. The predicted molar refractivity (Wildman–Crippen MR) is 112 cm³/mol. The topological polar surface area (TPSA) is 161 Å². The normalized spacial score (nSPS) is 10.4. The van der Waals surface area contributed by atoms with E-state index >= 15 is 0 Å². The number of Topliss-reactive ketones (excluding diaryl/α,β-unsaturated/α-hetero) is 1. The Bertz CT molecular complexity index is 1130. The van der Waals surface area contributed by atoms with E-state index in [1.165, 1.54) is 21.0 Å². The molecule has 0 bridgehead atoms. The van der Waals surface area contributed by atoms with Gasteiger partial charge in [-0.2, -0.15) is 0 Å². The number of nitro groups is 1. The van der Waals surface area contributed by atoms with Gasteiger partial charge in [-0.1, -0.05) is 0 Å². The molecular weight excluding hydrogens is 440 g/mol. The number of ketones is 1. The molecule has 0 saturated carbocycles. The summed E-state index contributed by atoms with van der Waals surface area (Å²) in [6.07, 6.45) is -0.691. The number of aromatic nitrogens is 1. The van der Waals surface area contributed by atoms with Gasteiger partial charge in [0.2, 0.25) is 5.78 Å². The maximum Gasteiger partial charge on any atom is 0.374 e. The van der Waals surface area contributed by atoms with E-state index in [1.807, 2.05) is 0 Å². The summed E-state index contributed by atoms with van der Waals surface area (Å²) < 4.78 is 19.8. The summed E-state index contributed by atoms with van der Waals surface area (Å²) in [6.45, 7) is 4.53. The lowest BCUT2D eigenvalue weighted by Gasteiger charge is -2.14. The third-order valence-corrected chi connectivity index (χ3v) is 4.34. The molecule has 12 nitrogen and oxygen atoms in total. The zero-order valence-corrected chi connectivity index (χ0v) is 18.5. The second kappa shape index (κ2) is 11.0. The number of fused-ring (bicyclic) bond motifs is 1. The van der Waals surface area contributed by atoms with Crippen molar-refractivity contribution in [3.63, 3.8) is 0 Å². The first-order valence-corrected chi connectivity index (χ1v) is 9.93. The van der Waals surface area contributed by atoms with Crippen LogP contribution >= 0.6 is 0 Å². The Labute approximate surface area is 187 Å². The largest absolute Gasteiger partial charge is 0.494 e. The van der Waals surface area contributed by atoms with Gasteiger partial charge < -0.3 is 18.9 Å². The van der Waals surface area contributed by atoms with Crippen molar-refractivity contribution >= 4 is 40.3 Å². The van der Waals surface area contributed by atoms with Crippen molar-refractivity contribution in [3.05, 3.63) is 39.1 Å². The minimum absolute atomic E-state index is 0.0273. The van der Waals surface area contributed by atoms with E-state index in [9.17, 15) is 29.3 Å². The first kappa shape index (κ1) is 25.2. The number of benzene rings is 1. The van der Waals surface area contributed by atoms with Gasteiger partial charge in [0.05, 0.1) is 42.8 Å². The molecule has 0 aliphatic carbocycles. The molecule has 0 fully saturated rings. The molecule has 0 radical (unpaired) electrons. The lowest BCUT2D eigenvalue weighted by atomic mass is 9.98. The van der Waals surface area contributed by atoms with Crippen molar-refractivity contribution in [2.24, 2.45) is 0 Å². The quantitative estimate of drug-likeness (QED) is 0.167. The second-order valence-electron chi connectivity index (χ2n) is 6.38. The number of nitro benzene ring substituents is 1. The van der Waals surface area contributed by atoms with E-state index in [-0.39, 0.29) is 53.3 Å². The molecule has 0 aliphatic rings. The highest BCUT2D eigenvalue weighted by Gasteiger charge is 2.32. The summed E-state index contributed by atoms with van der Waals surface area (Å²) in [4.78, 5) is 64.3. The van der Waals surface area contributed by atoms with Gasteiger partial charge in [-0.05, 0) is 32.9 Å². The van der Waals surface area contributed by atoms with Gasteiger partial charge >= 0.3 is 17.9 Å². The number of esters is 3. The van der Waals surface area contributed by atoms with Crippen LogP contribution in [-0.2, 0) is 30.2 Å². The van der Waals surface area contributed by atoms with Crippen LogP contribution in [0.2, 0.25) is 0 Å². The minimum Gasteiger partial charge on any atom is -0.494 e. The van der Waals surface area contributed by atoms with Crippen molar-refractivity contribution in [3.8, 4) is 5.75 Å². The van der Waals surface area contributed by atoms with Crippen LogP contribution in [0.1, 0.15) is 47.2 Å². The Kier molecular flexibility index (Phi) is 8.37. The molecule has 12 heteroatoms. The molecule has 0 aliphatic heterocycles. The van der Waals surface area contributed by atoms with Crippen LogP contribution in [0.15, 0.2) is 12.1 Å². The SMILES string of the molecule is CCOC(=O)C(=O)Cc1cc(OC)c2nc(C(=O)OCC)cc(C(=O)OCC)c2c1[N+](=O)[O-]. The fourth-order valence-electron chi connectivity index (χ4n) is 3.05. The number of pyridine rings is 1. The van der Waals surface area contributed by atoms with Crippen molar-refractivity contribution in [1.29, 1.82) is 0 Å². The highest BCUT2D eigenvalue weighted by Crippen LogP contribution is 2.38. The highest BCUT2D eigenvalue weighted by molar-refractivity contribution is 6.34. The van der Waals surface area contributed by atoms with Crippen LogP contribution in [0.3, 0.4) is 0 Å². The number of rotatable bonds is 10. The van der Waals surface area contributed by atoms with Crippen molar-refractivity contribution in [1.82, 2.24) is 4.98 Å². The molecule has 0 amide bonds. The van der Waals surface area contributed by atoms with Crippen LogP contribution in [0.5, 0.6) is 5.75 Å². The summed E-state index contributed by atoms with van der Waals surface area (Å²) in [5.74, 6) is -4.09. The van der Waals surface area contributed by atoms with Crippen LogP contribution < -0.4 is 4.74 Å². The van der Waals surface area contributed by atoms with Gasteiger partial charge in [0.1, 0.15) is 17.0 Å². The molecular formula is C21H22N2O10. The lowest BCUT2D eigenvalue weighted by molar-refractivity contribution is -0.383. The predicted octanol–water partition coefficient (Wildman–Crippen LogP) is 2.18. The van der Waals surface area contributed by atoms with E-state index in [1.54, 1.807) is 6.92 Å². The number of carbonyl (C=O) groups is 4. The third kappa shape index (κ3) is 5.40. The lowest BCUT2D eigenvalue weighted by Crippen LogP contribution is -2.20. The maximum absolute atomic E-state index is 12.7. The first-order valence-electron chi connectivity index (χ1n) is 9.93. The third-order valence-electron chi connectivity index (χ3n) is 4.34. The highest BCUT2D eigenvalue weighted by atomic mass is 16.6. The van der Waals surface area contributed by atoms with Gasteiger partial charge in [-0.25, -0.2) is 19.4 Å². The number of nitrogens with zero attached hydrogens (tertiary/aromatic N) is 2. The summed E-state index contributed by atoms with van der Waals surface area (Å²) in [5.41, 5.74) is -1.70. The van der Waals surface area contributed by atoms with Gasteiger partial charge in [-0.15, -0.1) is 0 Å². The van der Waals surface area contributed by atoms with Gasteiger partial charge in [-0.3, -0.25) is 14.9 Å². The molecule has 0 unspecified atom stereocenters. The number of hydrogen-bond acceptors (Lipinski definition) is 11. The molecule has 33 heavy (non-hydrogen) atoms. The molecule has 0 atom stereocenters. The van der Waals surface area contributed by atoms with Crippen molar-refractivity contribution in [2.45, 2.75) is 27.2 Å². The van der Waals surface area contributed by atoms with E-state index in [4.69, 9.17) is 14.2 Å². The van der Waals surface area contributed by atoms with E-state index in [0.717, 1.165) is 12.1 Å². The Hall–Kier alpha value is -4.09. The van der Waals surface area contributed by atoms with Crippen LogP contribution in [0, 0.1) is 10.1 Å². The van der Waals surface area contributed by atoms with E-state index in [2.05, 4.69) is 9.72 Å². The number of hydrogen-bond donors (Lipinski definition) is 0. The summed E-state index contributed by atoms with van der Waals surface area (Å²) in [6, 6.07) is 2.16. The Morgan fingerprint density at radius 3 is 2.12 bits per heavy atom. The second-order valence-corrected chi connectivity index (χ2v) is 6.38. The summed E-state index contributed by atoms with van der Waals surface area (Å²) >= 11 is 0. The summed E-state index contributed by atoms with van der Waals surface area (Å²) in [7, 11) is 1.24.